The fourth-order valence-corrected chi connectivity index (χ4v) is 2.98. The summed E-state index contributed by atoms with van der Waals surface area (Å²) in [6, 6.07) is 4.55. The van der Waals surface area contributed by atoms with Crippen molar-refractivity contribution in [3.63, 3.8) is 0 Å². The molecule has 1 rings (SSSR count). The molecule has 0 aliphatic carbocycles. The number of alkyl carbamates (subject to hydrolysis) is 1. The first-order chi connectivity index (χ1) is 15.3. The molecule has 0 aromatic heterocycles. The van der Waals surface area contributed by atoms with Gasteiger partial charge < -0.3 is 25.2 Å². The summed E-state index contributed by atoms with van der Waals surface area (Å²) in [4.78, 5) is 50.6. The predicted octanol–water partition coefficient (Wildman–Crippen LogP) is 0.939. The van der Waals surface area contributed by atoms with Crippen molar-refractivity contribution in [1.29, 1.82) is 0 Å². The molecule has 0 fully saturated rings. The molecule has 0 heterocycles. The number of aryl methyl sites for hydroxylation is 2. The van der Waals surface area contributed by atoms with E-state index in [0.29, 0.717) is 5.56 Å². The largest absolute Gasteiger partial charge is 0.468 e. The molecular formula is C23H31N3O7. The van der Waals surface area contributed by atoms with Crippen molar-refractivity contribution < 1.29 is 33.8 Å². The van der Waals surface area contributed by atoms with E-state index in [-0.39, 0.29) is 0 Å². The summed E-state index contributed by atoms with van der Waals surface area (Å²) in [6.45, 7) is 7.29. The molecule has 3 N–H and O–H groups in total. The zero-order chi connectivity index (χ0) is 25.3. The molecule has 2 unspecified atom stereocenters. The van der Waals surface area contributed by atoms with Crippen molar-refractivity contribution in [2.45, 2.75) is 52.3 Å². The summed E-state index contributed by atoms with van der Waals surface area (Å²) in [5, 5.41) is 14.4. The number of esters is 1. The molecule has 1 aromatic rings. The number of amides is 3. The second-order valence-corrected chi connectivity index (χ2v) is 8.34. The Hall–Kier alpha value is -3.58. The maximum absolute atomic E-state index is 13.2. The van der Waals surface area contributed by atoms with Gasteiger partial charge in [0.1, 0.15) is 24.2 Å². The standard InChI is InChI=1S/C23H31N3O7/c1-8-26(21(30)17(13-27)25-22(31)33-23(4,5)6)19(20(29)24-12-18(28)32-7)16-10-14(2)9-15(3)11-16/h1,9-11,17,19,27H,12-13H2,2-7H3,(H,24,29)(H,25,31). The fraction of sp³-hybridized carbons (Fsp3) is 0.478. The Morgan fingerprint density at radius 3 is 2.18 bits per heavy atom. The van der Waals surface area contributed by atoms with E-state index >= 15 is 0 Å². The monoisotopic (exact) mass is 461 g/mol. The van der Waals surface area contributed by atoms with Gasteiger partial charge in [0.2, 0.25) is 5.91 Å². The lowest BCUT2D eigenvalue weighted by Crippen LogP contribution is -2.53. The average molecular weight is 462 g/mol. The normalized spacial score (nSPS) is 12.5. The van der Waals surface area contributed by atoms with Crippen LogP contribution in [0.5, 0.6) is 0 Å². The van der Waals surface area contributed by atoms with Crippen LogP contribution in [0.2, 0.25) is 0 Å². The number of nitrogens with one attached hydrogen (secondary N) is 2. The number of terminal acetylenes is 1. The molecule has 180 valence electrons. The third-order valence-electron chi connectivity index (χ3n) is 4.25. The first kappa shape index (κ1) is 27.5. The molecule has 0 saturated heterocycles. The van der Waals surface area contributed by atoms with Crippen LogP contribution in [-0.4, -0.2) is 65.8 Å². The third kappa shape index (κ3) is 8.46. The number of nitrogens with zero attached hydrogens (tertiary/aromatic N) is 1. The van der Waals surface area contributed by atoms with E-state index in [2.05, 4.69) is 21.4 Å². The Bertz CT molecular complexity index is 911. The SMILES string of the molecule is C#CN(C(=O)C(CO)NC(=O)OC(C)(C)C)C(C(=O)NCC(=O)OC)c1cc(C)cc(C)c1. The minimum atomic E-state index is -1.47. The molecule has 10 nitrogen and oxygen atoms in total. The van der Waals surface area contributed by atoms with Crippen molar-refractivity contribution in [3.05, 3.63) is 34.9 Å². The van der Waals surface area contributed by atoms with Crippen LogP contribution in [0.15, 0.2) is 18.2 Å². The van der Waals surface area contributed by atoms with Gasteiger partial charge in [0, 0.05) is 6.04 Å². The van der Waals surface area contributed by atoms with Crippen molar-refractivity contribution in [3.8, 4) is 12.5 Å². The Labute approximate surface area is 193 Å². The molecule has 0 spiro atoms. The highest BCUT2D eigenvalue weighted by Gasteiger charge is 2.36. The molecule has 0 aliphatic heterocycles. The highest BCUT2D eigenvalue weighted by molar-refractivity contribution is 5.94. The Balaban J connectivity index is 3.32. The zero-order valence-corrected chi connectivity index (χ0v) is 19.7. The number of hydrogen-bond acceptors (Lipinski definition) is 7. The molecule has 2 atom stereocenters. The number of aliphatic hydroxyl groups excluding tert-OH is 1. The highest BCUT2D eigenvalue weighted by Crippen LogP contribution is 2.24. The summed E-state index contributed by atoms with van der Waals surface area (Å²) >= 11 is 0. The minimum Gasteiger partial charge on any atom is -0.468 e. The molecule has 3 amide bonds. The van der Waals surface area contributed by atoms with Crippen LogP contribution in [0.1, 0.15) is 43.5 Å². The Morgan fingerprint density at radius 1 is 1.15 bits per heavy atom. The average Bonchev–Trinajstić information content (AvgIpc) is 2.71. The van der Waals surface area contributed by atoms with Crippen molar-refractivity contribution in [1.82, 2.24) is 15.5 Å². The Morgan fingerprint density at radius 2 is 1.73 bits per heavy atom. The van der Waals surface area contributed by atoms with Gasteiger partial charge in [-0.05, 0) is 40.2 Å². The van der Waals surface area contributed by atoms with Crippen LogP contribution in [0.3, 0.4) is 0 Å². The second-order valence-electron chi connectivity index (χ2n) is 8.34. The van der Waals surface area contributed by atoms with Crippen LogP contribution < -0.4 is 10.6 Å². The second kappa shape index (κ2) is 11.9. The summed E-state index contributed by atoms with van der Waals surface area (Å²) < 4.78 is 9.65. The van der Waals surface area contributed by atoms with E-state index in [1.54, 1.807) is 32.9 Å². The summed E-state index contributed by atoms with van der Waals surface area (Å²) in [6.07, 6.45) is 4.65. The van der Waals surface area contributed by atoms with Crippen molar-refractivity contribution >= 4 is 23.9 Å². The van der Waals surface area contributed by atoms with E-state index in [9.17, 15) is 24.3 Å². The van der Waals surface area contributed by atoms with Gasteiger partial charge >= 0.3 is 12.1 Å². The van der Waals surface area contributed by atoms with Gasteiger partial charge in [0.25, 0.3) is 5.91 Å². The van der Waals surface area contributed by atoms with Gasteiger partial charge in [-0.25, -0.2) is 4.79 Å². The lowest BCUT2D eigenvalue weighted by atomic mass is 9.99. The molecular weight excluding hydrogens is 430 g/mol. The number of ether oxygens (including phenoxy) is 2. The maximum Gasteiger partial charge on any atom is 0.408 e. The highest BCUT2D eigenvalue weighted by atomic mass is 16.6. The van der Waals surface area contributed by atoms with E-state index in [4.69, 9.17) is 11.2 Å². The van der Waals surface area contributed by atoms with Crippen LogP contribution >= 0.6 is 0 Å². The number of aliphatic hydroxyl groups is 1. The number of carbonyl (C=O) groups is 4. The van der Waals surface area contributed by atoms with E-state index < -0.39 is 54.7 Å². The van der Waals surface area contributed by atoms with Crippen LogP contribution in [0.25, 0.3) is 0 Å². The molecule has 33 heavy (non-hydrogen) atoms. The molecule has 0 aliphatic rings. The van der Waals surface area contributed by atoms with Crippen LogP contribution in [0, 0.1) is 26.3 Å². The van der Waals surface area contributed by atoms with Gasteiger partial charge in [-0.3, -0.25) is 19.3 Å². The topological polar surface area (TPSA) is 134 Å². The number of benzene rings is 1. The third-order valence-corrected chi connectivity index (χ3v) is 4.25. The summed E-state index contributed by atoms with van der Waals surface area (Å²) in [5.74, 6) is -2.35. The quantitative estimate of drug-likeness (QED) is 0.298. The van der Waals surface area contributed by atoms with E-state index in [1.165, 1.54) is 7.11 Å². The molecule has 0 bridgehead atoms. The fourth-order valence-electron chi connectivity index (χ4n) is 2.98. The number of rotatable bonds is 8. The molecule has 10 heteroatoms. The number of carbonyl (C=O) groups excluding carboxylic acids is 4. The van der Waals surface area contributed by atoms with Crippen molar-refractivity contribution in [2.24, 2.45) is 0 Å². The smallest absolute Gasteiger partial charge is 0.408 e. The Kier molecular flexibility index (Phi) is 9.88. The van der Waals surface area contributed by atoms with Crippen LogP contribution in [0.4, 0.5) is 4.79 Å². The summed E-state index contributed by atoms with van der Waals surface area (Å²) in [7, 11) is 1.17. The zero-order valence-electron chi connectivity index (χ0n) is 19.7. The summed E-state index contributed by atoms with van der Waals surface area (Å²) in [5.41, 5.74) is 1.17. The van der Waals surface area contributed by atoms with Crippen molar-refractivity contribution in [2.75, 3.05) is 20.3 Å². The lowest BCUT2D eigenvalue weighted by Gasteiger charge is -2.30. The maximum atomic E-state index is 13.2. The first-order valence-electron chi connectivity index (χ1n) is 10.1. The first-order valence-corrected chi connectivity index (χ1v) is 10.1. The van der Waals surface area contributed by atoms with Gasteiger partial charge in [-0.15, -0.1) is 0 Å². The van der Waals surface area contributed by atoms with Gasteiger partial charge in [0.15, 0.2) is 0 Å². The van der Waals surface area contributed by atoms with E-state index in [1.807, 2.05) is 19.9 Å². The van der Waals surface area contributed by atoms with E-state index in [0.717, 1.165) is 16.0 Å². The molecule has 1 aromatic carbocycles. The predicted molar refractivity (Wildman–Crippen MR) is 120 cm³/mol. The number of hydrogen-bond donors (Lipinski definition) is 3. The van der Waals surface area contributed by atoms with Gasteiger partial charge in [-0.1, -0.05) is 35.7 Å². The lowest BCUT2D eigenvalue weighted by molar-refractivity contribution is -0.143. The minimum absolute atomic E-state index is 0.384. The van der Waals surface area contributed by atoms with Crippen LogP contribution in [-0.2, 0) is 23.9 Å². The molecule has 0 saturated carbocycles. The van der Waals surface area contributed by atoms with Gasteiger partial charge in [0.05, 0.1) is 13.7 Å². The number of methoxy groups -OCH3 is 1. The van der Waals surface area contributed by atoms with Gasteiger partial charge in [-0.2, -0.15) is 0 Å². The molecule has 0 radical (unpaired) electrons.